The first-order chi connectivity index (χ1) is 10.0. The predicted molar refractivity (Wildman–Crippen MR) is 74.5 cm³/mol. The van der Waals surface area contributed by atoms with Crippen LogP contribution < -0.4 is 10.2 Å². The van der Waals surface area contributed by atoms with Crippen molar-refractivity contribution in [2.45, 2.75) is 13.3 Å². The van der Waals surface area contributed by atoms with Gasteiger partial charge in [-0.3, -0.25) is 10.1 Å². The minimum Gasteiger partial charge on any atom is -0.478 e. The van der Waals surface area contributed by atoms with Gasteiger partial charge in [-0.05, 0) is 31.0 Å². The molecule has 0 saturated carbocycles. The third-order valence-corrected chi connectivity index (χ3v) is 3.18. The highest BCUT2D eigenvalue weighted by Gasteiger charge is 2.23. The minimum absolute atomic E-state index is 0.0190. The number of carboxylic acids is 1. The molecule has 0 spiro atoms. The first-order valence-corrected chi connectivity index (χ1v) is 6.59. The topological polar surface area (TPSA) is 95.9 Å². The summed E-state index contributed by atoms with van der Waals surface area (Å²) in [5.41, 5.74) is 1.88. The number of alkyl carbamates (subject to hydrolysis) is 1. The number of imide groups is 1. The number of rotatable bonds is 4. The third-order valence-electron chi connectivity index (χ3n) is 3.18. The molecule has 0 fully saturated rings. The van der Waals surface area contributed by atoms with Crippen molar-refractivity contribution in [1.82, 2.24) is 5.32 Å². The van der Waals surface area contributed by atoms with Gasteiger partial charge in [0, 0.05) is 12.2 Å². The van der Waals surface area contributed by atoms with Crippen LogP contribution in [0.2, 0.25) is 0 Å². The van der Waals surface area contributed by atoms with E-state index < -0.39 is 18.0 Å². The standard InChI is InChI=1S/C14H16N2O5/c1-2-21-14(20)15-12(17)8-16-6-5-9-3-4-10(13(18)19)7-11(9)16/h3-4,7H,2,5-6,8H2,1H3,(H,18,19)(H,15,17,20). The fourth-order valence-corrected chi connectivity index (χ4v) is 2.24. The molecule has 0 bridgehead atoms. The summed E-state index contributed by atoms with van der Waals surface area (Å²) < 4.78 is 4.63. The third kappa shape index (κ3) is 3.50. The highest BCUT2D eigenvalue weighted by Crippen LogP contribution is 2.28. The Bertz CT molecular complexity index is 585. The number of nitrogens with zero attached hydrogens (tertiary/aromatic N) is 1. The van der Waals surface area contributed by atoms with E-state index >= 15 is 0 Å². The molecule has 0 saturated heterocycles. The van der Waals surface area contributed by atoms with Crippen molar-refractivity contribution in [3.63, 3.8) is 0 Å². The number of hydrogen-bond acceptors (Lipinski definition) is 5. The molecule has 1 aromatic rings. The van der Waals surface area contributed by atoms with E-state index in [-0.39, 0.29) is 18.7 Å². The quantitative estimate of drug-likeness (QED) is 0.860. The lowest BCUT2D eigenvalue weighted by atomic mass is 10.1. The molecule has 1 aliphatic heterocycles. The van der Waals surface area contributed by atoms with Crippen LogP contribution in [-0.2, 0) is 16.0 Å². The molecule has 1 heterocycles. The Labute approximate surface area is 121 Å². The van der Waals surface area contributed by atoms with Crippen LogP contribution in [0.1, 0.15) is 22.8 Å². The molecule has 2 amide bonds. The summed E-state index contributed by atoms with van der Waals surface area (Å²) in [7, 11) is 0. The van der Waals surface area contributed by atoms with Gasteiger partial charge in [-0.2, -0.15) is 0 Å². The maximum Gasteiger partial charge on any atom is 0.413 e. The van der Waals surface area contributed by atoms with Gasteiger partial charge >= 0.3 is 12.1 Å². The lowest BCUT2D eigenvalue weighted by Gasteiger charge is -2.18. The zero-order valence-corrected chi connectivity index (χ0v) is 11.6. The largest absolute Gasteiger partial charge is 0.478 e. The fraction of sp³-hybridized carbons (Fsp3) is 0.357. The van der Waals surface area contributed by atoms with E-state index in [9.17, 15) is 14.4 Å². The molecule has 2 N–H and O–H groups in total. The second-order valence-corrected chi connectivity index (χ2v) is 4.59. The van der Waals surface area contributed by atoms with Crippen LogP contribution in [0.3, 0.4) is 0 Å². The lowest BCUT2D eigenvalue weighted by molar-refractivity contribution is -0.119. The smallest absolute Gasteiger partial charge is 0.413 e. The molecule has 7 heteroatoms. The van der Waals surface area contributed by atoms with Crippen LogP contribution in [-0.4, -0.2) is 42.8 Å². The van der Waals surface area contributed by atoms with Gasteiger partial charge in [0.25, 0.3) is 0 Å². The van der Waals surface area contributed by atoms with E-state index in [1.54, 1.807) is 30.0 Å². The van der Waals surface area contributed by atoms with Gasteiger partial charge in [-0.15, -0.1) is 0 Å². The second kappa shape index (κ2) is 6.25. The molecule has 0 unspecified atom stereocenters. The Morgan fingerprint density at radius 3 is 2.81 bits per heavy atom. The van der Waals surface area contributed by atoms with Crippen molar-refractivity contribution in [2.24, 2.45) is 0 Å². The van der Waals surface area contributed by atoms with E-state index in [0.29, 0.717) is 12.2 Å². The number of anilines is 1. The summed E-state index contributed by atoms with van der Waals surface area (Å²) in [4.78, 5) is 35.6. The van der Waals surface area contributed by atoms with Crippen molar-refractivity contribution in [3.8, 4) is 0 Å². The van der Waals surface area contributed by atoms with Gasteiger partial charge in [-0.25, -0.2) is 9.59 Å². The Morgan fingerprint density at radius 2 is 2.14 bits per heavy atom. The molecule has 0 aliphatic carbocycles. The normalized spacial score (nSPS) is 12.7. The van der Waals surface area contributed by atoms with Crippen LogP contribution in [0, 0.1) is 0 Å². The number of carbonyl (C=O) groups is 3. The molecular formula is C14H16N2O5. The first kappa shape index (κ1) is 14.8. The van der Waals surface area contributed by atoms with Gasteiger partial charge in [0.1, 0.15) is 0 Å². The van der Waals surface area contributed by atoms with Crippen molar-refractivity contribution >= 4 is 23.7 Å². The molecule has 1 aliphatic rings. The molecule has 7 nitrogen and oxygen atoms in total. The van der Waals surface area contributed by atoms with Gasteiger partial charge in [0.05, 0.1) is 18.7 Å². The van der Waals surface area contributed by atoms with Gasteiger partial charge in [0.15, 0.2) is 0 Å². The van der Waals surface area contributed by atoms with Crippen molar-refractivity contribution in [2.75, 3.05) is 24.6 Å². The molecule has 0 aromatic heterocycles. The maximum absolute atomic E-state index is 11.7. The number of fused-ring (bicyclic) bond motifs is 1. The molecule has 2 rings (SSSR count). The van der Waals surface area contributed by atoms with Crippen LogP contribution in [0.4, 0.5) is 10.5 Å². The summed E-state index contributed by atoms with van der Waals surface area (Å²) in [6.45, 7) is 2.42. The van der Waals surface area contributed by atoms with Crippen LogP contribution in [0.25, 0.3) is 0 Å². The summed E-state index contributed by atoms with van der Waals surface area (Å²) in [6.07, 6.45) is -0.0386. The fourth-order valence-electron chi connectivity index (χ4n) is 2.24. The molecule has 0 atom stereocenters. The molecular weight excluding hydrogens is 276 g/mol. The monoisotopic (exact) mass is 292 g/mol. The number of hydrogen-bond donors (Lipinski definition) is 2. The van der Waals surface area contributed by atoms with Crippen molar-refractivity contribution in [3.05, 3.63) is 29.3 Å². The van der Waals surface area contributed by atoms with Gasteiger partial charge < -0.3 is 14.7 Å². The minimum atomic E-state index is -1.01. The Hall–Kier alpha value is -2.57. The van der Waals surface area contributed by atoms with Crippen molar-refractivity contribution < 1.29 is 24.2 Å². The van der Waals surface area contributed by atoms with E-state index in [1.165, 1.54) is 0 Å². The molecule has 112 valence electrons. The average Bonchev–Trinajstić information content (AvgIpc) is 2.81. The molecule has 1 aromatic carbocycles. The first-order valence-electron chi connectivity index (χ1n) is 6.59. The zero-order valence-electron chi connectivity index (χ0n) is 11.6. The van der Waals surface area contributed by atoms with Crippen LogP contribution in [0.15, 0.2) is 18.2 Å². The zero-order chi connectivity index (χ0) is 15.4. The lowest BCUT2D eigenvalue weighted by Crippen LogP contribution is -2.39. The van der Waals surface area contributed by atoms with E-state index in [0.717, 1.165) is 12.0 Å². The molecule has 0 radical (unpaired) electrons. The van der Waals surface area contributed by atoms with Gasteiger partial charge in [0.2, 0.25) is 5.91 Å². The van der Waals surface area contributed by atoms with Crippen LogP contribution in [0.5, 0.6) is 0 Å². The van der Waals surface area contributed by atoms with Crippen molar-refractivity contribution in [1.29, 1.82) is 0 Å². The second-order valence-electron chi connectivity index (χ2n) is 4.59. The Balaban J connectivity index is 2.05. The maximum atomic E-state index is 11.7. The predicted octanol–water partition coefficient (Wildman–Crippen LogP) is 1.02. The van der Waals surface area contributed by atoms with E-state index in [4.69, 9.17) is 5.11 Å². The van der Waals surface area contributed by atoms with E-state index in [2.05, 4.69) is 10.1 Å². The summed E-state index contributed by atoms with van der Waals surface area (Å²) >= 11 is 0. The number of nitrogens with one attached hydrogen (secondary N) is 1. The Morgan fingerprint density at radius 1 is 1.38 bits per heavy atom. The average molecular weight is 292 g/mol. The van der Waals surface area contributed by atoms with E-state index in [1.807, 2.05) is 0 Å². The van der Waals surface area contributed by atoms with Gasteiger partial charge in [-0.1, -0.05) is 6.07 Å². The number of amides is 2. The van der Waals surface area contributed by atoms with Crippen LogP contribution >= 0.6 is 0 Å². The number of aromatic carboxylic acids is 1. The Kier molecular flexibility index (Phi) is 4.42. The molecule has 21 heavy (non-hydrogen) atoms. The number of carboxylic acid groups (broad SMARTS) is 1. The summed E-state index contributed by atoms with van der Waals surface area (Å²) in [5.74, 6) is -1.50. The number of carbonyl (C=O) groups excluding carboxylic acids is 2. The summed E-state index contributed by atoms with van der Waals surface area (Å²) in [5, 5.41) is 11.1. The highest BCUT2D eigenvalue weighted by atomic mass is 16.5. The number of benzene rings is 1. The number of ether oxygens (including phenoxy) is 1. The SMILES string of the molecule is CCOC(=O)NC(=O)CN1CCc2ccc(C(=O)O)cc21. The highest BCUT2D eigenvalue weighted by molar-refractivity contribution is 5.95. The summed E-state index contributed by atoms with van der Waals surface area (Å²) in [6, 6.07) is 4.84.